The lowest BCUT2D eigenvalue weighted by Gasteiger charge is -2.55. The van der Waals surface area contributed by atoms with Gasteiger partial charge in [0.1, 0.15) is 5.82 Å². The molecule has 96 valence electrons. The molecule has 2 heterocycles. The van der Waals surface area contributed by atoms with Gasteiger partial charge in [-0.05, 0) is 17.7 Å². The van der Waals surface area contributed by atoms with E-state index in [-0.39, 0.29) is 22.8 Å². The summed E-state index contributed by atoms with van der Waals surface area (Å²) in [6.07, 6.45) is 0.275. The lowest BCUT2D eigenvalue weighted by Crippen LogP contribution is -2.67. The van der Waals surface area contributed by atoms with Crippen molar-refractivity contribution in [2.24, 2.45) is 5.41 Å². The van der Waals surface area contributed by atoms with Crippen LogP contribution in [0.5, 0.6) is 0 Å². The Morgan fingerprint density at radius 2 is 2.17 bits per heavy atom. The van der Waals surface area contributed by atoms with E-state index >= 15 is 0 Å². The summed E-state index contributed by atoms with van der Waals surface area (Å²) in [4.78, 5) is 13.8. The zero-order valence-electron chi connectivity index (χ0n) is 9.79. The number of carbonyl (C=O) groups is 1. The predicted molar refractivity (Wildman–Crippen MR) is 64.9 cm³/mol. The third-order valence-corrected chi connectivity index (χ3v) is 3.85. The van der Waals surface area contributed by atoms with E-state index in [0.717, 1.165) is 31.9 Å². The van der Waals surface area contributed by atoms with Crippen molar-refractivity contribution < 1.29 is 13.9 Å². The number of carbonyl (C=O) groups excluding carboxylic acids is 1. The number of ether oxygens (including phenoxy) is 1. The van der Waals surface area contributed by atoms with Crippen LogP contribution >= 0.6 is 11.6 Å². The normalized spacial score (nSPS) is 20.4. The van der Waals surface area contributed by atoms with Crippen LogP contribution in [0.15, 0.2) is 18.2 Å². The average molecular weight is 270 g/mol. The number of amides is 1. The van der Waals surface area contributed by atoms with Gasteiger partial charge in [-0.3, -0.25) is 4.79 Å². The fourth-order valence-corrected chi connectivity index (χ4v) is 2.65. The molecule has 0 radical (unpaired) electrons. The first-order chi connectivity index (χ1) is 8.58. The monoisotopic (exact) mass is 269 g/mol. The van der Waals surface area contributed by atoms with Gasteiger partial charge in [0.2, 0.25) is 5.91 Å². The second-order valence-corrected chi connectivity index (χ2v) is 5.58. The van der Waals surface area contributed by atoms with Crippen molar-refractivity contribution in [1.29, 1.82) is 0 Å². The summed E-state index contributed by atoms with van der Waals surface area (Å²) in [7, 11) is 0. The van der Waals surface area contributed by atoms with Gasteiger partial charge in [-0.25, -0.2) is 4.39 Å². The van der Waals surface area contributed by atoms with Crippen LogP contribution in [0.3, 0.4) is 0 Å². The Labute approximate surface area is 109 Å². The number of halogens is 2. The summed E-state index contributed by atoms with van der Waals surface area (Å²) in [5.74, 6) is -0.391. The second-order valence-electron chi connectivity index (χ2n) is 5.17. The number of hydrogen-bond donors (Lipinski definition) is 0. The first-order valence-electron chi connectivity index (χ1n) is 5.87. The second kappa shape index (κ2) is 4.21. The number of benzene rings is 1. The fourth-order valence-electron chi connectivity index (χ4n) is 2.45. The van der Waals surface area contributed by atoms with Crippen molar-refractivity contribution in [2.45, 2.75) is 6.42 Å². The number of likely N-dealkylation sites (tertiary alicyclic amines) is 1. The van der Waals surface area contributed by atoms with Crippen LogP contribution in [0.2, 0.25) is 5.02 Å². The Bertz CT molecular complexity index is 494. The molecule has 1 spiro atoms. The molecule has 3 nitrogen and oxygen atoms in total. The Hall–Kier alpha value is -1.13. The molecule has 0 saturated carbocycles. The third-order valence-electron chi connectivity index (χ3n) is 3.56. The maximum absolute atomic E-state index is 13.0. The summed E-state index contributed by atoms with van der Waals surface area (Å²) in [6.45, 7) is 3.08. The molecule has 0 aromatic heterocycles. The minimum atomic E-state index is -0.456. The van der Waals surface area contributed by atoms with E-state index in [1.807, 2.05) is 4.90 Å². The minimum absolute atomic E-state index is 0.0628. The predicted octanol–water partition coefficient (Wildman–Crippen LogP) is 1.88. The van der Waals surface area contributed by atoms with Gasteiger partial charge in [-0.15, -0.1) is 0 Å². The zero-order valence-corrected chi connectivity index (χ0v) is 10.5. The molecule has 18 heavy (non-hydrogen) atoms. The standard InChI is InChI=1S/C13H13ClFNO2/c14-10-3-9(1-2-11(10)15)4-12(17)16-5-13(6-16)7-18-8-13/h1-3H,4-8H2. The zero-order chi connectivity index (χ0) is 12.8. The Balaban J connectivity index is 1.59. The molecule has 2 fully saturated rings. The Morgan fingerprint density at radius 3 is 2.72 bits per heavy atom. The molecular weight excluding hydrogens is 257 g/mol. The van der Waals surface area contributed by atoms with Crippen molar-refractivity contribution >= 4 is 17.5 Å². The van der Waals surface area contributed by atoms with Crippen molar-refractivity contribution in [1.82, 2.24) is 4.90 Å². The van der Waals surface area contributed by atoms with Crippen LogP contribution in [0, 0.1) is 11.2 Å². The summed E-state index contributed by atoms with van der Waals surface area (Å²) in [5.41, 5.74) is 0.980. The molecule has 1 aromatic rings. The molecule has 0 atom stereocenters. The van der Waals surface area contributed by atoms with Crippen LogP contribution in [0.25, 0.3) is 0 Å². The molecule has 0 bridgehead atoms. The quantitative estimate of drug-likeness (QED) is 0.820. The molecule has 3 rings (SSSR count). The highest BCUT2D eigenvalue weighted by Crippen LogP contribution is 2.37. The largest absolute Gasteiger partial charge is 0.380 e. The van der Waals surface area contributed by atoms with Gasteiger partial charge in [0.05, 0.1) is 30.1 Å². The van der Waals surface area contributed by atoms with Crippen LogP contribution in [0.1, 0.15) is 5.56 Å². The first-order valence-corrected chi connectivity index (χ1v) is 6.25. The van der Waals surface area contributed by atoms with Crippen molar-refractivity contribution in [2.75, 3.05) is 26.3 Å². The van der Waals surface area contributed by atoms with E-state index in [0.29, 0.717) is 0 Å². The molecule has 2 saturated heterocycles. The number of nitrogens with zero attached hydrogens (tertiary/aromatic N) is 1. The third kappa shape index (κ3) is 1.99. The molecule has 5 heteroatoms. The minimum Gasteiger partial charge on any atom is -0.380 e. The number of hydrogen-bond acceptors (Lipinski definition) is 2. The van der Waals surface area contributed by atoms with Crippen LogP contribution in [0.4, 0.5) is 4.39 Å². The fraction of sp³-hybridized carbons (Fsp3) is 0.462. The van der Waals surface area contributed by atoms with E-state index in [4.69, 9.17) is 16.3 Å². The van der Waals surface area contributed by atoms with E-state index < -0.39 is 5.82 Å². The molecule has 0 aliphatic carbocycles. The molecule has 1 aromatic carbocycles. The van der Waals surface area contributed by atoms with Crippen molar-refractivity contribution in [3.63, 3.8) is 0 Å². The van der Waals surface area contributed by atoms with Crippen molar-refractivity contribution in [3.05, 3.63) is 34.6 Å². The van der Waals surface area contributed by atoms with Crippen molar-refractivity contribution in [3.8, 4) is 0 Å². The van der Waals surface area contributed by atoms with E-state index in [1.54, 1.807) is 6.07 Å². The maximum atomic E-state index is 13.0. The summed E-state index contributed by atoms with van der Waals surface area (Å²) < 4.78 is 18.1. The molecule has 0 N–H and O–H groups in total. The summed E-state index contributed by atoms with van der Waals surface area (Å²) in [5, 5.41) is 0.0628. The van der Waals surface area contributed by atoms with E-state index in [2.05, 4.69) is 0 Å². The SMILES string of the molecule is O=C(Cc1ccc(F)c(Cl)c1)N1CC2(COC2)C1. The highest BCUT2D eigenvalue weighted by Gasteiger charge is 2.50. The van der Waals surface area contributed by atoms with Gasteiger partial charge in [0.15, 0.2) is 0 Å². The lowest BCUT2D eigenvalue weighted by molar-refractivity contribution is -0.194. The molecule has 1 amide bonds. The van der Waals surface area contributed by atoms with E-state index in [1.165, 1.54) is 12.1 Å². The van der Waals surface area contributed by atoms with Crippen LogP contribution in [-0.4, -0.2) is 37.1 Å². The van der Waals surface area contributed by atoms with Gasteiger partial charge in [-0.2, -0.15) is 0 Å². The van der Waals surface area contributed by atoms with Crippen LogP contribution < -0.4 is 0 Å². The summed E-state index contributed by atoms with van der Waals surface area (Å²) >= 11 is 5.69. The molecule has 2 aliphatic rings. The van der Waals surface area contributed by atoms with E-state index in [9.17, 15) is 9.18 Å². The maximum Gasteiger partial charge on any atom is 0.227 e. The molecule has 0 unspecified atom stereocenters. The topological polar surface area (TPSA) is 29.5 Å². The smallest absolute Gasteiger partial charge is 0.227 e. The highest BCUT2D eigenvalue weighted by atomic mass is 35.5. The lowest BCUT2D eigenvalue weighted by atomic mass is 9.78. The highest BCUT2D eigenvalue weighted by molar-refractivity contribution is 6.30. The van der Waals surface area contributed by atoms with Gasteiger partial charge in [-0.1, -0.05) is 17.7 Å². The summed E-state index contributed by atoms with van der Waals surface area (Å²) in [6, 6.07) is 4.40. The molecular formula is C13H13ClFNO2. The van der Waals surface area contributed by atoms with Gasteiger partial charge in [0.25, 0.3) is 0 Å². The average Bonchev–Trinajstić information content (AvgIpc) is 2.19. The Kier molecular flexibility index (Phi) is 2.79. The first kappa shape index (κ1) is 11.9. The van der Waals surface area contributed by atoms with Gasteiger partial charge < -0.3 is 9.64 Å². The van der Waals surface area contributed by atoms with Gasteiger partial charge in [0, 0.05) is 13.1 Å². The van der Waals surface area contributed by atoms with Gasteiger partial charge >= 0.3 is 0 Å². The number of rotatable bonds is 2. The molecule has 2 aliphatic heterocycles. The Morgan fingerprint density at radius 1 is 1.44 bits per heavy atom. The van der Waals surface area contributed by atoms with Crippen LogP contribution in [-0.2, 0) is 16.0 Å².